The van der Waals surface area contributed by atoms with Crippen molar-refractivity contribution in [3.8, 4) is 0 Å². The lowest BCUT2D eigenvalue weighted by molar-refractivity contribution is -0.141. The topological polar surface area (TPSA) is 186 Å². The third-order valence-corrected chi connectivity index (χ3v) is 6.08. The van der Waals surface area contributed by atoms with Crippen LogP contribution in [-0.2, 0) is 37.4 Å². The van der Waals surface area contributed by atoms with Gasteiger partial charge in [0.1, 0.15) is 6.04 Å². The minimum absolute atomic E-state index is 0.0187. The van der Waals surface area contributed by atoms with Gasteiger partial charge in [-0.15, -0.1) is 4.76 Å². The van der Waals surface area contributed by atoms with Crippen molar-refractivity contribution in [1.29, 1.82) is 0 Å². The van der Waals surface area contributed by atoms with Gasteiger partial charge in [-0.25, -0.2) is 28.0 Å². The third-order valence-electron chi connectivity index (χ3n) is 4.68. The number of ether oxygens (including phenoxy) is 4. The average molecular weight is 556 g/mol. The predicted molar refractivity (Wildman–Crippen MR) is 134 cm³/mol. The summed E-state index contributed by atoms with van der Waals surface area (Å²) in [5.74, 6) is -2.77. The first kappa shape index (κ1) is 34.4. The first-order valence-corrected chi connectivity index (χ1v) is 13.7. The number of carboxylic acids is 1. The Labute approximate surface area is 218 Å². The fourth-order valence-corrected chi connectivity index (χ4v) is 4.26. The van der Waals surface area contributed by atoms with Crippen molar-refractivity contribution >= 4 is 32.0 Å². The Kier molecular flexibility index (Phi) is 15.9. The number of unbranched alkanes of at least 4 members (excludes halogenated alkanes) is 1. The zero-order valence-electron chi connectivity index (χ0n) is 22.9. The Bertz CT molecular complexity index is 769. The molecule has 0 fully saturated rings. The van der Waals surface area contributed by atoms with Gasteiger partial charge in [0.15, 0.2) is 0 Å². The van der Waals surface area contributed by atoms with E-state index < -0.39 is 62.4 Å². The normalized spacial score (nSPS) is 15.9. The number of guanidine groups is 1. The number of carboxylic acid groups (broad SMARTS) is 1. The average Bonchev–Trinajstić information content (AvgIpc) is 2.78. The molecule has 3 N–H and O–H groups in total. The van der Waals surface area contributed by atoms with Crippen molar-refractivity contribution in [3.63, 3.8) is 0 Å². The second-order valence-corrected chi connectivity index (χ2v) is 10.1. The number of aliphatic carboxylic acids is 1. The Morgan fingerprint density at radius 3 is 1.68 bits per heavy atom. The highest BCUT2D eigenvalue weighted by atomic mass is 31.2. The quantitative estimate of drug-likeness (QED) is 0.0902. The van der Waals surface area contributed by atoms with Gasteiger partial charge in [-0.3, -0.25) is 0 Å². The van der Waals surface area contributed by atoms with E-state index >= 15 is 0 Å². The minimum atomic E-state index is -4.73. The summed E-state index contributed by atoms with van der Waals surface area (Å²) in [6.07, 6.45) is -3.56. The lowest BCUT2D eigenvalue weighted by atomic mass is 10.1. The van der Waals surface area contributed by atoms with Crippen molar-refractivity contribution in [1.82, 2.24) is 4.90 Å². The molecule has 3 atom stereocenters. The molecule has 0 radical (unpaired) electrons. The number of likely N-dealkylation sites (N-methyl/N-ethyl adjacent to an activating group) is 1. The fraction of sp³-hybridized carbons (Fsp3) is 0.818. The SMILES string of the molecule is CCCCC(C(=O)O)N(C)C(N)=NP(=O)(OC(OC(=O)OCC)C(C)C)OC(OC(=O)OCC)C(C)C. The van der Waals surface area contributed by atoms with Gasteiger partial charge in [-0.05, 0) is 20.3 Å². The molecule has 0 aromatic carbocycles. The van der Waals surface area contributed by atoms with Crippen LogP contribution in [0.2, 0.25) is 0 Å². The fourth-order valence-electron chi connectivity index (χ4n) is 2.62. The standard InChI is InChI=1S/C22H42N3O11P/c1-9-12-13-16(17(26)27)25(8)20(23)24-37(30,35-18(14(4)5)33-21(28)31-10-2)36-19(15(6)7)34-22(29)32-11-3/h14-16,18-19H,9-13H2,1-8H3,(H,26,27)(H2,23,24,30). The summed E-state index contributed by atoms with van der Waals surface area (Å²) in [5.41, 5.74) is 6.03. The Morgan fingerprint density at radius 2 is 1.35 bits per heavy atom. The van der Waals surface area contributed by atoms with Gasteiger partial charge in [0.05, 0.1) is 13.2 Å². The van der Waals surface area contributed by atoms with Crippen LogP contribution < -0.4 is 5.73 Å². The Morgan fingerprint density at radius 1 is 0.919 bits per heavy atom. The molecule has 0 spiro atoms. The van der Waals surface area contributed by atoms with E-state index in [-0.39, 0.29) is 19.6 Å². The zero-order chi connectivity index (χ0) is 28.8. The summed E-state index contributed by atoms with van der Waals surface area (Å²) in [6, 6.07) is -1.08. The van der Waals surface area contributed by atoms with Crippen molar-refractivity contribution in [3.05, 3.63) is 0 Å². The smallest absolute Gasteiger partial charge is 0.480 e. The largest absolute Gasteiger partial charge is 0.510 e. The predicted octanol–water partition coefficient (Wildman–Crippen LogP) is 4.33. The Hall–Kier alpha value is -2.57. The van der Waals surface area contributed by atoms with E-state index in [1.807, 2.05) is 6.92 Å². The van der Waals surface area contributed by atoms with Crippen LogP contribution in [0.25, 0.3) is 0 Å². The van der Waals surface area contributed by atoms with Gasteiger partial charge in [0.2, 0.25) is 18.5 Å². The molecule has 0 bridgehead atoms. The molecule has 15 heteroatoms. The Balaban J connectivity index is 6.36. The molecule has 0 aromatic heterocycles. The molecule has 0 aromatic rings. The second kappa shape index (κ2) is 17.0. The van der Waals surface area contributed by atoms with E-state index in [1.54, 1.807) is 41.5 Å². The second-order valence-electron chi connectivity index (χ2n) is 8.57. The van der Waals surface area contributed by atoms with Crippen molar-refractivity contribution in [2.24, 2.45) is 22.3 Å². The lowest BCUT2D eigenvalue weighted by Crippen LogP contribution is -2.46. The summed E-state index contributed by atoms with van der Waals surface area (Å²) in [6.45, 7) is 11.5. The maximum atomic E-state index is 13.9. The number of hydrogen-bond donors (Lipinski definition) is 2. The van der Waals surface area contributed by atoms with E-state index in [1.165, 1.54) is 7.05 Å². The number of hydrogen-bond acceptors (Lipinski definition) is 10. The molecule has 3 unspecified atom stereocenters. The van der Waals surface area contributed by atoms with Crippen LogP contribution in [0, 0.1) is 11.8 Å². The summed E-state index contributed by atoms with van der Waals surface area (Å²) in [5, 5.41) is 9.63. The van der Waals surface area contributed by atoms with Gasteiger partial charge in [0, 0.05) is 18.9 Å². The van der Waals surface area contributed by atoms with E-state index in [9.17, 15) is 24.1 Å². The molecular formula is C22H42N3O11P. The molecule has 0 rings (SSSR count). The van der Waals surface area contributed by atoms with Crippen LogP contribution in [0.3, 0.4) is 0 Å². The number of carbonyl (C=O) groups excluding carboxylic acids is 2. The lowest BCUT2D eigenvalue weighted by Gasteiger charge is -2.30. The summed E-state index contributed by atoms with van der Waals surface area (Å²) in [4.78, 5) is 36.7. The van der Waals surface area contributed by atoms with Crippen LogP contribution in [0.15, 0.2) is 4.76 Å². The van der Waals surface area contributed by atoms with Crippen LogP contribution in [0.1, 0.15) is 67.7 Å². The van der Waals surface area contributed by atoms with Crippen LogP contribution >= 0.6 is 7.75 Å². The maximum absolute atomic E-state index is 13.9. The first-order chi connectivity index (χ1) is 17.2. The van der Waals surface area contributed by atoms with Crippen molar-refractivity contribution in [2.75, 3.05) is 20.3 Å². The van der Waals surface area contributed by atoms with E-state index in [4.69, 9.17) is 33.7 Å². The van der Waals surface area contributed by atoms with Gasteiger partial charge >= 0.3 is 26.0 Å². The highest BCUT2D eigenvalue weighted by molar-refractivity contribution is 7.52. The van der Waals surface area contributed by atoms with E-state index in [0.29, 0.717) is 6.42 Å². The van der Waals surface area contributed by atoms with E-state index in [2.05, 4.69) is 4.76 Å². The summed E-state index contributed by atoms with van der Waals surface area (Å²) in [7, 11) is -3.37. The number of nitrogens with two attached hydrogens (primary N) is 1. The molecule has 0 amide bonds. The first-order valence-electron chi connectivity index (χ1n) is 12.2. The summed E-state index contributed by atoms with van der Waals surface area (Å²) >= 11 is 0. The molecule has 0 saturated carbocycles. The highest BCUT2D eigenvalue weighted by Crippen LogP contribution is 2.54. The summed E-state index contributed by atoms with van der Waals surface area (Å²) < 4.78 is 48.5. The van der Waals surface area contributed by atoms with Gasteiger partial charge in [-0.2, -0.15) is 0 Å². The molecular weight excluding hydrogens is 513 g/mol. The van der Waals surface area contributed by atoms with Crippen molar-refractivity contribution < 1.29 is 52.1 Å². The van der Waals surface area contributed by atoms with Gasteiger partial charge < -0.3 is 34.7 Å². The highest BCUT2D eigenvalue weighted by Gasteiger charge is 2.39. The molecule has 0 saturated heterocycles. The monoisotopic (exact) mass is 555 g/mol. The van der Waals surface area contributed by atoms with Gasteiger partial charge in [-0.1, -0.05) is 47.5 Å². The molecule has 0 heterocycles. The van der Waals surface area contributed by atoms with Gasteiger partial charge in [0.25, 0.3) is 0 Å². The minimum Gasteiger partial charge on any atom is -0.480 e. The number of rotatable bonds is 16. The zero-order valence-corrected chi connectivity index (χ0v) is 23.8. The molecule has 37 heavy (non-hydrogen) atoms. The van der Waals surface area contributed by atoms with E-state index in [0.717, 1.165) is 11.3 Å². The van der Waals surface area contributed by atoms with Crippen LogP contribution in [0.5, 0.6) is 0 Å². The molecule has 0 aliphatic carbocycles. The van der Waals surface area contributed by atoms with Crippen molar-refractivity contribution in [2.45, 2.75) is 86.4 Å². The molecule has 216 valence electrons. The molecule has 0 aliphatic heterocycles. The maximum Gasteiger partial charge on any atom is 0.510 e. The molecule has 0 aliphatic rings. The third kappa shape index (κ3) is 13.0. The molecule has 14 nitrogen and oxygen atoms in total. The van der Waals surface area contributed by atoms with Crippen LogP contribution in [-0.4, -0.2) is 73.1 Å². The van der Waals surface area contributed by atoms with Crippen LogP contribution in [0.4, 0.5) is 9.59 Å². The number of nitrogens with zero attached hydrogens (tertiary/aromatic N) is 2. The number of carbonyl (C=O) groups is 3.